The van der Waals surface area contributed by atoms with Crippen LogP contribution in [0.1, 0.15) is 219 Å². The molecule has 0 heterocycles. The number of amides is 1. The quantitative estimate of drug-likeness (QED) is 0.0340. The van der Waals surface area contributed by atoms with Gasteiger partial charge < -0.3 is 86.1 Å². The number of hydrogen-bond donors (Lipinski definition) is 3. The van der Waals surface area contributed by atoms with E-state index in [0.29, 0.717) is 12.8 Å². The summed E-state index contributed by atoms with van der Waals surface area (Å²) in [5.41, 5.74) is 0. The fourth-order valence-corrected chi connectivity index (χ4v) is 9.45. The van der Waals surface area contributed by atoms with Crippen LogP contribution < -0.4 is 42.9 Å². The first-order valence-corrected chi connectivity index (χ1v) is 30.6. The number of unbranched alkanes of at least 4 members (excludes halogenated alkanes) is 28. The van der Waals surface area contributed by atoms with E-state index >= 15 is 0 Å². The maximum atomic E-state index is 12.9. The summed E-state index contributed by atoms with van der Waals surface area (Å²) >= 11 is 0. The molecule has 0 aliphatic heterocycles. The molecule has 0 aliphatic rings. The van der Waals surface area contributed by atoms with Crippen molar-refractivity contribution >= 4 is 49.5 Å². The van der Waals surface area contributed by atoms with Crippen LogP contribution in [0.4, 0.5) is 0 Å². The number of ether oxygens (including phenoxy) is 2. The van der Waals surface area contributed by atoms with E-state index in [1.54, 1.807) is 0 Å². The van der Waals surface area contributed by atoms with Crippen LogP contribution in [0.3, 0.4) is 0 Å². The summed E-state index contributed by atoms with van der Waals surface area (Å²) in [4.78, 5) is 99.2. The number of carbonyl (C=O) groups is 7. The van der Waals surface area contributed by atoms with Gasteiger partial charge in [0.2, 0.25) is 5.91 Å². The summed E-state index contributed by atoms with van der Waals surface area (Å²) in [6, 6.07) is 0. The molecular weight excluding hydrogens is 1220 g/mol. The number of aliphatic carboxylic acids is 4. The molecule has 1 amide bonds. The van der Waals surface area contributed by atoms with Crippen LogP contribution in [0.25, 0.3) is 0 Å². The zero-order valence-corrected chi connectivity index (χ0v) is 53.2. The topological polar surface area (TPSA) is 417 Å². The second-order valence-corrected chi connectivity index (χ2v) is 21.7. The predicted octanol–water partition coefficient (Wildman–Crippen LogP) is 3.32. The average Bonchev–Trinajstić information content (AvgIpc) is 3.36. The number of esters is 2. The van der Waals surface area contributed by atoms with E-state index in [9.17, 15) is 63.4 Å². The van der Waals surface area contributed by atoms with Gasteiger partial charge in [0, 0.05) is 71.7 Å². The maximum absolute atomic E-state index is 12.9. The Morgan fingerprint density at radius 1 is 0.444 bits per heavy atom. The molecule has 24 nitrogen and oxygen atoms in total. The van der Waals surface area contributed by atoms with Gasteiger partial charge in [-0.1, -0.05) is 194 Å². The van der Waals surface area contributed by atoms with E-state index < -0.39 is 108 Å². The molecule has 0 aromatic rings. The van der Waals surface area contributed by atoms with Crippen LogP contribution in [0, 0.1) is 39.9 Å². The Labute approximate surface area is 516 Å². The molecule has 0 saturated carbocycles. The second-order valence-electron chi connectivity index (χ2n) is 20.3. The standard InChI is InChI=1S/C55H103N4O17P.Gd.2H3N.H2O/c1-3-5-7-9-11-13-15-17-19-21-23-25-27-29-31-33-54(69)73-46-48(76-55(70)34-32-30-28-26-24-22-20-18-16-14-12-10-8-6-4-2)47-75-77(71,72)74-40-35-56-49(60)41-58(43-51(63)64)38-36-57(42-50(61)62)37-39-59(44-52(65)66)45-53(67)68;;;;/h48H,3-47H2,1-2H3,(H,56,60)(H,61,62)(H,63,64)(H,65,66)(H,67,68)(H,71,72);;2*1H3;1H2/q;+3;;;/p-2/t48-;;;;/m1..../s1. The van der Waals surface area contributed by atoms with E-state index in [0.717, 1.165) is 61.2 Å². The summed E-state index contributed by atoms with van der Waals surface area (Å²) in [5, 5.41) is 47.2. The molecule has 0 saturated heterocycles. The van der Waals surface area contributed by atoms with Gasteiger partial charge in [0.1, 0.15) is 6.61 Å². The van der Waals surface area contributed by atoms with Crippen LogP contribution in [-0.2, 0) is 62.1 Å². The molecule has 0 aliphatic carbocycles. The van der Waals surface area contributed by atoms with Gasteiger partial charge in [0.05, 0.1) is 43.6 Å². The van der Waals surface area contributed by atoms with Gasteiger partial charge in [-0.15, -0.1) is 0 Å². The minimum absolute atomic E-state index is 0. The van der Waals surface area contributed by atoms with E-state index in [-0.39, 0.29) is 103 Å². The molecule has 2 atom stereocenters. The summed E-state index contributed by atoms with van der Waals surface area (Å²) in [6.07, 6.45) is 34.2. The normalized spacial score (nSPS) is 12.1. The van der Waals surface area contributed by atoms with Crippen molar-refractivity contribution in [2.75, 3.05) is 85.3 Å². The Hall–Kier alpha value is -2.52. The van der Waals surface area contributed by atoms with Crippen molar-refractivity contribution in [3.63, 3.8) is 0 Å². The number of carboxylic acids is 4. The van der Waals surface area contributed by atoms with Gasteiger partial charge in [0.15, 0.2) is 6.10 Å². The Kier molecular flexibility index (Phi) is 65.3. The van der Waals surface area contributed by atoms with Crippen LogP contribution in [0.15, 0.2) is 0 Å². The van der Waals surface area contributed by atoms with Gasteiger partial charge in [-0.3, -0.25) is 33.6 Å². The zero-order chi connectivity index (χ0) is 57.2. The summed E-state index contributed by atoms with van der Waals surface area (Å²) in [6.45, 7) is -2.13. The number of phosphoric ester groups is 1. The van der Waals surface area contributed by atoms with Crippen molar-refractivity contribution < 1.29 is 127 Å². The third-order valence-corrected chi connectivity index (χ3v) is 14.0. The van der Waals surface area contributed by atoms with E-state index in [4.69, 9.17) is 18.5 Å². The number of rotatable bonds is 58. The number of nitrogens with one attached hydrogen (secondary N) is 1. The molecular formula is C55H109GdN6O18P+. The fourth-order valence-electron chi connectivity index (χ4n) is 8.71. The van der Waals surface area contributed by atoms with Crippen molar-refractivity contribution in [2.24, 2.45) is 0 Å². The molecule has 12 N–H and O–H groups in total. The predicted molar refractivity (Wildman–Crippen MR) is 299 cm³/mol. The van der Waals surface area contributed by atoms with Crippen molar-refractivity contribution in [1.29, 1.82) is 0 Å². The van der Waals surface area contributed by atoms with Gasteiger partial charge in [-0.05, 0) is 12.8 Å². The van der Waals surface area contributed by atoms with Crippen LogP contribution >= 0.6 is 7.82 Å². The van der Waals surface area contributed by atoms with Gasteiger partial charge in [-0.25, -0.2) is 0 Å². The number of phosphoric acid groups is 1. The number of quaternary nitrogens is 2. The first-order chi connectivity index (χ1) is 37.0. The number of hydrogen-bond acceptors (Lipinski definition) is 20. The number of carbonyl (C=O) groups excluding carboxylic acids is 7. The van der Waals surface area contributed by atoms with Crippen LogP contribution in [-0.4, -0.2) is 148 Å². The van der Waals surface area contributed by atoms with Crippen LogP contribution in [0.5, 0.6) is 0 Å². The Balaban J connectivity index is -0.00000481. The van der Waals surface area contributed by atoms with Crippen molar-refractivity contribution in [3.05, 3.63) is 0 Å². The zero-order valence-electron chi connectivity index (χ0n) is 50.1. The summed E-state index contributed by atoms with van der Waals surface area (Å²) in [5.74, 6) is -8.15. The molecule has 1 radical (unpaired) electrons. The van der Waals surface area contributed by atoms with Crippen molar-refractivity contribution in [1.82, 2.24) is 32.3 Å². The molecule has 0 aromatic heterocycles. The Bertz CT molecular complexity index is 1610. The largest absolute Gasteiger partial charge is 3.00 e. The monoisotopic (exact) mass is 1330 g/mol. The molecule has 0 spiro atoms. The average molecular weight is 1330 g/mol. The molecule has 26 heteroatoms. The number of nitrogens with zero attached hydrogens (tertiary/aromatic N) is 3. The molecule has 81 heavy (non-hydrogen) atoms. The SMILES string of the molecule is CCCCCCCCCCCCCCCCCC(=O)OC[C@H](COP(=O)([O-])OCCNC(=O)CN(CCN(CCN(CC(=O)[O-])CC(=O)[O-])CC(=O)[O-])CC(=O)[O-])OC(=O)CCCCCCCCCCCCCCCCC.[Gd+3].[NH4+].[NH4+].[OH3+]. The van der Waals surface area contributed by atoms with Gasteiger partial charge >= 0.3 is 51.9 Å². The molecule has 1 unspecified atom stereocenters. The molecule has 0 rings (SSSR count). The first-order valence-electron chi connectivity index (χ1n) is 29.1. The molecule has 0 aromatic carbocycles. The van der Waals surface area contributed by atoms with Gasteiger partial charge in [-0.2, -0.15) is 0 Å². The van der Waals surface area contributed by atoms with E-state index in [2.05, 4.69) is 19.2 Å². The minimum Gasteiger partial charge on any atom is -0.756 e. The summed E-state index contributed by atoms with van der Waals surface area (Å²) < 4.78 is 33.6. The van der Waals surface area contributed by atoms with E-state index in [1.165, 1.54) is 133 Å². The van der Waals surface area contributed by atoms with Crippen molar-refractivity contribution in [3.8, 4) is 0 Å². The number of carboxylic acid groups (broad SMARTS) is 4. The molecule has 479 valence electrons. The molecule has 0 fully saturated rings. The van der Waals surface area contributed by atoms with Crippen molar-refractivity contribution in [2.45, 2.75) is 225 Å². The maximum Gasteiger partial charge on any atom is 3.00 e. The third-order valence-electron chi connectivity index (χ3n) is 13.0. The second kappa shape index (κ2) is 60.6. The fraction of sp³-hybridized carbons (Fsp3) is 0.873. The third kappa shape index (κ3) is 61.9. The summed E-state index contributed by atoms with van der Waals surface area (Å²) in [7, 11) is -5.07. The van der Waals surface area contributed by atoms with Gasteiger partial charge in [0.25, 0.3) is 7.82 Å². The van der Waals surface area contributed by atoms with Crippen LogP contribution in [0.2, 0.25) is 0 Å². The minimum atomic E-state index is -5.07. The smallest absolute Gasteiger partial charge is 0.756 e. The van der Waals surface area contributed by atoms with E-state index in [1.807, 2.05) is 0 Å². The first kappa shape index (κ1) is 87.3. The Morgan fingerprint density at radius 3 is 1.11 bits per heavy atom. The Morgan fingerprint density at radius 2 is 0.753 bits per heavy atom. The molecule has 0 bridgehead atoms.